The van der Waals surface area contributed by atoms with Crippen LogP contribution in [0.15, 0.2) is 24.3 Å². The van der Waals surface area contributed by atoms with Crippen LogP contribution >= 0.6 is 22.6 Å². The van der Waals surface area contributed by atoms with E-state index in [0.29, 0.717) is 5.41 Å². The number of halogens is 1. The van der Waals surface area contributed by atoms with E-state index >= 15 is 0 Å². The minimum absolute atomic E-state index is 0.587. The molecule has 0 amide bonds. The molecule has 1 aliphatic carbocycles. The Morgan fingerprint density at radius 3 is 2.29 bits per heavy atom. The maximum Gasteiger partial charge on any atom is 0.0130 e. The largest absolute Gasteiger partial charge is 0.315 e. The Morgan fingerprint density at radius 2 is 1.76 bits per heavy atom. The molecule has 1 aromatic carbocycles. The topological polar surface area (TPSA) is 12.0 Å². The SMILES string of the molecule is Ic1ccc(CC2(C3CCCC3)CNC2)cc1. The van der Waals surface area contributed by atoms with Crippen LogP contribution in [-0.4, -0.2) is 13.1 Å². The van der Waals surface area contributed by atoms with Gasteiger partial charge in [0.05, 0.1) is 0 Å². The molecule has 1 saturated carbocycles. The summed E-state index contributed by atoms with van der Waals surface area (Å²) in [6, 6.07) is 9.11. The second-order valence-electron chi connectivity index (χ2n) is 5.75. The Hall–Kier alpha value is -0.0900. The lowest BCUT2D eigenvalue weighted by molar-refractivity contribution is 0.0812. The molecule has 1 N–H and O–H groups in total. The van der Waals surface area contributed by atoms with Crippen LogP contribution in [-0.2, 0) is 6.42 Å². The molecule has 1 saturated heterocycles. The van der Waals surface area contributed by atoms with Crippen LogP contribution in [0.2, 0.25) is 0 Å². The molecule has 0 spiro atoms. The second-order valence-corrected chi connectivity index (χ2v) is 7.00. The van der Waals surface area contributed by atoms with E-state index in [1.54, 1.807) is 0 Å². The first-order valence-corrected chi connectivity index (χ1v) is 7.82. The fourth-order valence-electron chi connectivity index (χ4n) is 3.55. The molecule has 1 heterocycles. The van der Waals surface area contributed by atoms with Gasteiger partial charge >= 0.3 is 0 Å². The third-order valence-electron chi connectivity index (χ3n) is 4.64. The number of benzene rings is 1. The third-order valence-corrected chi connectivity index (χ3v) is 5.36. The van der Waals surface area contributed by atoms with Gasteiger partial charge in [0.25, 0.3) is 0 Å². The fourth-order valence-corrected chi connectivity index (χ4v) is 3.91. The third kappa shape index (κ3) is 2.39. The van der Waals surface area contributed by atoms with E-state index in [2.05, 4.69) is 52.2 Å². The quantitative estimate of drug-likeness (QED) is 0.829. The van der Waals surface area contributed by atoms with Crippen LogP contribution in [0.25, 0.3) is 0 Å². The van der Waals surface area contributed by atoms with Gasteiger partial charge in [-0.2, -0.15) is 0 Å². The highest BCUT2D eigenvalue weighted by Crippen LogP contribution is 2.44. The zero-order valence-electron chi connectivity index (χ0n) is 10.2. The van der Waals surface area contributed by atoms with E-state index in [1.165, 1.54) is 54.3 Å². The molecule has 0 atom stereocenters. The Morgan fingerprint density at radius 1 is 1.12 bits per heavy atom. The highest BCUT2D eigenvalue weighted by Gasteiger charge is 2.44. The van der Waals surface area contributed by atoms with Crippen LogP contribution in [0.4, 0.5) is 0 Å². The van der Waals surface area contributed by atoms with Crippen molar-refractivity contribution in [2.45, 2.75) is 32.1 Å². The van der Waals surface area contributed by atoms with Crippen molar-refractivity contribution in [2.24, 2.45) is 11.3 Å². The lowest BCUT2D eigenvalue weighted by Gasteiger charge is -2.48. The maximum atomic E-state index is 3.51. The van der Waals surface area contributed by atoms with Crippen molar-refractivity contribution in [3.05, 3.63) is 33.4 Å². The summed E-state index contributed by atoms with van der Waals surface area (Å²) in [6.45, 7) is 2.48. The fraction of sp³-hybridized carbons (Fsp3) is 0.600. The van der Waals surface area contributed by atoms with E-state index < -0.39 is 0 Å². The molecule has 2 fully saturated rings. The molecule has 92 valence electrons. The van der Waals surface area contributed by atoms with Gasteiger partial charge in [-0.3, -0.25) is 0 Å². The average molecular weight is 341 g/mol. The first-order chi connectivity index (χ1) is 8.28. The Labute approximate surface area is 118 Å². The molecule has 1 aromatic rings. The molecular weight excluding hydrogens is 321 g/mol. The van der Waals surface area contributed by atoms with E-state index in [-0.39, 0.29) is 0 Å². The van der Waals surface area contributed by atoms with E-state index in [4.69, 9.17) is 0 Å². The van der Waals surface area contributed by atoms with Crippen LogP contribution in [0.1, 0.15) is 31.2 Å². The summed E-state index contributed by atoms with van der Waals surface area (Å²) < 4.78 is 1.34. The normalized spacial score (nSPS) is 23.6. The second kappa shape index (κ2) is 4.88. The Kier molecular flexibility index (Phi) is 3.44. The molecule has 0 bridgehead atoms. The molecule has 2 heteroatoms. The molecule has 0 aromatic heterocycles. The Bertz CT molecular complexity index is 374. The van der Waals surface area contributed by atoms with Gasteiger partial charge in [0.15, 0.2) is 0 Å². The van der Waals surface area contributed by atoms with Gasteiger partial charge in [0.2, 0.25) is 0 Å². The summed E-state index contributed by atoms with van der Waals surface area (Å²) in [5.74, 6) is 0.975. The first kappa shape index (κ1) is 12.0. The molecule has 2 aliphatic rings. The van der Waals surface area contributed by atoms with Crippen LogP contribution < -0.4 is 5.32 Å². The van der Waals surface area contributed by atoms with Gasteiger partial charge in [0.1, 0.15) is 0 Å². The highest BCUT2D eigenvalue weighted by molar-refractivity contribution is 14.1. The van der Waals surface area contributed by atoms with Crippen molar-refractivity contribution in [1.29, 1.82) is 0 Å². The van der Waals surface area contributed by atoms with Gasteiger partial charge in [-0.25, -0.2) is 0 Å². The lowest BCUT2D eigenvalue weighted by atomic mass is 9.66. The first-order valence-electron chi connectivity index (χ1n) is 6.74. The summed E-state index contributed by atoms with van der Waals surface area (Å²) in [7, 11) is 0. The van der Waals surface area contributed by atoms with Gasteiger partial charge in [-0.15, -0.1) is 0 Å². The van der Waals surface area contributed by atoms with Gasteiger partial charge < -0.3 is 5.32 Å². The molecule has 17 heavy (non-hydrogen) atoms. The molecule has 0 unspecified atom stereocenters. The van der Waals surface area contributed by atoms with Crippen LogP contribution in [0, 0.1) is 14.9 Å². The minimum Gasteiger partial charge on any atom is -0.315 e. The van der Waals surface area contributed by atoms with Crippen LogP contribution in [0.3, 0.4) is 0 Å². The number of hydrogen-bond donors (Lipinski definition) is 1. The number of rotatable bonds is 3. The number of hydrogen-bond acceptors (Lipinski definition) is 1. The smallest absolute Gasteiger partial charge is 0.0130 e. The summed E-state index contributed by atoms with van der Waals surface area (Å²) >= 11 is 2.38. The van der Waals surface area contributed by atoms with Crippen LogP contribution in [0.5, 0.6) is 0 Å². The monoisotopic (exact) mass is 341 g/mol. The average Bonchev–Trinajstić information content (AvgIpc) is 2.80. The zero-order chi connectivity index (χ0) is 11.7. The van der Waals surface area contributed by atoms with E-state index in [9.17, 15) is 0 Å². The summed E-state index contributed by atoms with van der Waals surface area (Å²) in [6.07, 6.45) is 7.12. The van der Waals surface area contributed by atoms with E-state index in [1.807, 2.05) is 0 Å². The van der Waals surface area contributed by atoms with Crippen molar-refractivity contribution < 1.29 is 0 Å². The van der Waals surface area contributed by atoms with Crippen molar-refractivity contribution in [3.8, 4) is 0 Å². The highest BCUT2D eigenvalue weighted by atomic mass is 127. The zero-order valence-corrected chi connectivity index (χ0v) is 12.4. The van der Waals surface area contributed by atoms with Gasteiger partial charge in [-0.05, 0) is 65.5 Å². The lowest BCUT2D eigenvalue weighted by Crippen LogP contribution is -2.58. The summed E-state index contributed by atoms with van der Waals surface area (Å²) in [5.41, 5.74) is 2.11. The van der Waals surface area contributed by atoms with Crippen molar-refractivity contribution in [1.82, 2.24) is 5.32 Å². The van der Waals surface area contributed by atoms with Crippen molar-refractivity contribution in [2.75, 3.05) is 13.1 Å². The standard InChI is InChI=1S/C15H20IN/c16-14-7-5-12(6-8-14)9-15(10-17-11-15)13-3-1-2-4-13/h5-8,13,17H,1-4,9-11H2. The summed E-state index contributed by atoms with van der Waals surface area (Å²) in [5, 5.41) is 3.51. The predicted octanol–water partition coefficient (Wildman–Crippen LogP) is 3.61. The minimum atomic E-state index is 0.587. The van der Waals surface area contributed by atoms with Crippen molar-refractivity contribution in [3.63, 3.8) is 0 Å². The van der Waals surface area contributed by atoms with Gasteiger partial charge in [-0.1, -0.05) is 25.0 Å². The van der Waals surface area contributed by atoms with E-state index in [0.717, 1.165) is 5.92 Å². The van der Waals surface area contributed by atoms with Crippen molar-refractivity contribution >= 4 is 22.6 Å². The molecule has 3 rings (SSSR count). The molecule has 0 radical (unpaired) electrons. The molecular formula is C15H20IN. The molecule has 1 nitrogen and oxygen atoms in total. The maximum absolute atomic E-state index is 3.51. The number of nitrogens with one attached hydrogen (secondary N) is 1. The summed E-state index contributed by atoms with van der Waals surface area (Å²) in [4.78, 5) is 0. The molecule has 1 aliphatic heterocycles. The predicted molar refractivity (Wildman–Crippen MR) is 80.1 cm³/mol. The Balaban J connectivity index is 1.75. The van der Waals surface area contributed by atoms with Gasteiger partial charge in [0, 0.05) is 22.1 Å².